The van der Waals surface area contributed by atoms with E-state index in [0.717, 1.165) is 25.2 Å². The fourth-order valence-electron chi connectivity index (χ4n) is 5.30. The first kappa shape index (κ1) is 19.7. The van der Waals surface area contributed by atoms with E-state index in [9.17, 15) is 14.4 Å². The molecule has 5 rings (SSSR count). The minimum absolute atomic E-state index is 0.0872. The van der Waals surface area contributed by atoms with Crippen molar-refractivity contribution in [3.63, 3.8) is 0 Å². The standard InChI is InChI=1S/C23H30N4O3/c28-21-9-8-20(22(29)25-21)27-14-16-7-6-15(11-19(16)23(27)30)13-26(17-3-1-4-17)18-5-2-10-24-12-18/h6-7,11,17-18,20,24H,1-5,8-10,12-14H2,(H,25,28,29). The number of carbonyl (C=O) groups excluding carboxylic acids is 3. The number of imide groups is 1. The van der Waals surface area contributed by atoms with E-state index in [2.05, 4.69) is 21.6 Å². The van der Waals surface area contributed by atoms with Crippen molar-refractivity contribution in [3.05, 3.63) is 34.9 Å². The maximum absolute atomic E-state index is 13.1. The van der Waals surface area contributed by atoms with Crippen LogP contribution < -0.4 is 10.6 Å². The van der Waals surface area contributed by atoms with Gasteiger partial charge in [-0.25, -0.2) is 0 Å². The summed E-state index contributed by atoms with van der Waals surface area (Å²) < 4.78 is 0. The zero-order valence-electron chi connectivity index (χ0n) is 17.4. The van der Waals surface area contributed by atoms with Gasteiger partial charge in [0.15, 0.2) is 0 Å². The number of carbonyl (C=O) groups is 3. The largest absolute Gasteiger partial charge is 0.322 e. The highest BCUT2D eigenvalue weighted by molar-refractivity contribution is 6.05. The predicted molar refractivity (Wildman–Crippen MR) is 112 cm³/mol. The lowest BCUT2D eigenvalue weighted by molar-refractivity contribution is -0.136. The van der Waals surface area contributed by atoms with Gasteiger partial charge in [-0.3, -0.25) is 24.6 Å². The number of amides is 3. The van der Waals surface area contributed by atoms with Crippen LogP contribution in [0.5, 0.6) is 0 Å². The quantitative estimate of drug-likeness (QED) is 0.720. The second-order valence-electron chi connectivity index (χ2n) is 9.15. The normalized spacial score (nSPS) is 27.2. The van der Waals surface area contributed by atoms with E-state index in [1.54, 1.807) is 4.90 Å². The summed E-state index contributed by atoms with van der Waals surface area (Å²) in [7, 11) is 0. The van der Waals surface area contributed by atoms with Gasteiger partial charge in [0, 0.05) is 43.7 Å². The number of hydrogen-bond donors (Lipinski definition) is 2. The predicted octanol–water partition coefficient (Wildman–Crippen LogP) is 1.55. The second-order valence-corrected chi connectivity index (χ2v) is 9.15. The van der Waals surface area contributed by atoms with E-state index < -0.39 is 6.04 Å². The van der Waals surface area contributed by atoms with Crippen molar-refractivity contribution in [2.24, 2.45) is 0 Å². The minimum Gasteiger partial charge on any atom is -0.322 e. The number of fused-ring (bicyclic) bond motifs is 1. The fraction of sp³-hybridized carbons (Fsp3) is 0.609. The molecule has 2 atom stereocenters. The molecule has 3 fully saturated rings. The zero-order valence-corrected chi connectivity index (χ0v) is 17.4. The first-order valence-corrected chi connectivity index (χ1v) is 11.3. The fourth-order valence-corrected chi connectivity index (χ4v) is 5.30. The van der Waals surface area contributed by atoms with Gasteiger partial charge in [-0.2, -0.15) is 0 Å². The number of nitrogens with one attached hydrogen (secondary N) is 2. The smallest absolute Gasteiger partial charge is 0.255 e. The average Bonchev–Trinajstić information content (AvgIpc) is 3.03. The molecule has 2 unspecified atom stereocenters. The van der Waals surface area contributed by atoms with E-state index in [1.807, 2.05) is 12.1 Å². The van der Waals surface area contributed by atoms with Crippen LogP contribution in [0.15, 0.2) is 18.2 Å². The average molecular weight is 411 g/mol. The maximum atomic E-state index is 13.1. The first-order chi connectivity index (χ1) is 14.6. The van der Waals surface area contributed by atoms with Crippen LogP contribution in [0, 0.1) is 0 Å². The van der Waals surface area contributed by atoms with Gasteiger partial charge in [0.05, 0.1) is 0 Å². The molecule has 30 heavy (non-hydrogen) atoms. The molecule has 0 bridgehead atoms. The highest BCUT2D eigenvalue weighted by Gasteiger charge is 2.39. The van der Waals surface area contributed by atoms with E-state index in [4.69, 9.17) is 0 Å². The van der Waals surface area contributed by atoms with Crippen molar-refractivity contribution in [2.75, 3.05) is 13.1 Å². The summed E-state index contributed by atoms with van der Waals surface area (Å²) in [6, 6.07) is 6.89. The Kier molecular flexibility index (Phi) is 5.33. The molecule has 2 saturated heterocycles. The van der Waals surface area contributed by atoms with Gasteiger partial charge in [-0.05, 0) is 55.8 Å². The topological polar surface area (TPSA) is 81.8 Å². The molecule has 7 nitrogen and oxygen atoms in total. The third-order valence-corrected chi connectivity index (χ3v) is 7.24. The molecule has 0 radical (unpaired) electrons. The highest BCUT2D eigenvalue weighted by Crippen LogP contribution is 2.32. The summed E-state index contributed by atoms with van der Waals surface area (Å²) in [5.41, 5.74) is 2.86. The Morgan fingerprint density at radius 2 is 1.87 bits per heavy atom. The Labute approximate surface area is 177 Å². The van der Waals surface area contributed by atoms with Crippen LogP contribution in [-0.4, -0.2) is 58.7 Å². The summed E-state index contributed by atoms with van der Waals surface area (Å²) in [5.74, 6) is -0.694. The van der Waals surface area contributed by atoms with Gasteiger partial charge < -0.3 is 10.2 Å². The monoisotopic (exact) mass is 410 g/mol. The number of benzene rings is 1. The molecule has 1 aliphatic carbocycles. The number of nitrogens with zero attached hydrogens (tertiary/aromatic N) is 2. The molecule has 0 aromatic heterocycles. The van der Waals surface area contributed by atoms with Gasteiger partial charge in [0.2, 0.25) is 11.8 Å². The van der Waals surface area contributed by atoms with E-state index in [0.29, 0.717) is 30.6 Å². The molecule has 1 aromatic carbocycles. The van der Waals surface area contributed by atoms with Crippen molar-refractivity contribution >= 4 is 17.7 Å². The van der Waals surface area contributed by atoms with E-state index >= 15 is 0 Å². The lowest BCUT2D eigenvalue weighted by Crippen LogP contribution is -2.52. The molecule has 4 aliphatic rings. The maximum Gasteiger partial charge on any atom is 0.255 e. The van der Waals surface area contributed by atoms with Crippen LogP contribution in [0.4, 0.5) is 0 Å². The Morgan fingerprint density at radius 3 is 2.57 bits per heavy atom. The van der Waals surface area contributed by atoms with Crippen LogP contribution >= 0.6 is 0 Å². The van der Waals surface area contributed by atoms with Crippen LogP contribution in [-0.2, 0) is 22.7 Å². The molecule has 1 aromatic rings. The molecule has 0 spiro atoms. The lowest BCUT2D eigenvalue weighted by atomic mass is 9.88. The summed E-state index contributed by atoms with van der Waals surface area (Å²) in [6.07, 6.45) is 6.99. The van der Waals surface area contributed by atoms with Crippen LogP contribution in [0.2, 0.25) is 0 Å². The zero-order chi connectivity index (χ0) is 20.7. The summed E-state index contributed by atoms with van der Waals surface area (Å²) in [6.45, 7) is 3.47. The van der Waals surface area contributed by atoms with Gasteiger partial charge in [0.1, 0.15) is 6.04 Å². The Bertz CT molecular complexity index is 860. The molecule has 3 heterocycles. The number of rotatable bonds is 5. The molecule has 160 valence electrons. The van der Waals surface area contributed by atoms with Crippen LogP contribution in [0.25, 0.3) is 0 Å². The molecule has 1 saturated carbocycles. The first-order valence-electron chi connectivity index (χ1n) is 11.3. The number of hydrogen-bond acceptors (Lipinski definition) is 5. The second kappa shape index (κ2) is 8.12. The summed E-state index contributed by atoms with van der Waals surface area (Å²) >= 11 is 0. The van der Waals surface area contributed by atoms with Gasteiger partial charge in [0.25, 0.3) is 5.91 Å². The third kappa shape index (κ3) is 3.65. The van der Waals surface area contributed by atoms with E-state index in [1.165, 1.54) is 37.7 Å². The highest BCUT2D eigenvalue weighted by atomic mass is 16.2. The van der Waals surface area contributed by atoms with Crippen molar-refractivity contribution in [2.45, 2.75) is 76.2 Å². The van der Waals surface area contributed by atoms with Crippen molar-refractivity contribution in [3.8, 4) is 0 Å². The minimum atomic E-state index is -0.550. The molecule has 3 amide bonds. The summed E-state index contributed by atoms with van der Waals surface area (Å²) in [5, 5.41) is 5.91. The molecule has 3 aliphatic heterocycles. The van der Waals surface area contributed by atoms with Crippen molar-refractivity contribution in [1.82, 2.24) is 20.4 Å². The SMILES string of the molecule is O=C1CCC(N2Cc3ccc(CN(C4CCC4)C4CCCNC4)cc3C2=O)C(=O)N1. The van der Waals surface area contributed by atoms with Crippen LogP contribution in [0.3, 0.4) is 0 Å². The molecule has 2 N–H and O–H groups in total. The Hall–Kier alpha value is -2.25. The Morgan fingerprint density at radius 1 is 1.03 bits per heavy atom. The lowest BCUT2D eigenvalue weighted by Gasteiger charge is -2.44. The Balaban J connectivity index is 1.32. The van der Waals surface area contributed by atoms with E-state index in [-0.39, 0.29) is 24.1 Å². The number of piperidine rings is 2. The summed E-state index contributed by atoms with van der Waals surface area (Å²) in [4.78, 5) is 41.1. The van der Waals surface area contributed by atoms with Crippen molar-refractivity contribution < 1.29 is 14.4 Å². The van der Waals surface area contributed by atoms with Gasteiger partial charge >= 0.3 is 0 Å². The molecule has 7 heteroatoms. The third-order valence-electron chi connectivity index (χ3n) is 7.24. The van der Waals surface area contributed by atoms with Crippen molar-refractivity contribution in [1.29, 1.82) is 0 Å². The molecular formula is C23H30N4O3. The molecular weight excluding hydrogens is 380 g/mol. The van der Waals surface area contributed by atoms with Gasteiger partial charge in [-0.1, -0.05) is 18.6 Å². The van der Waals surface area contributed by atoms with Crippen LogP contribution in [0.1, 0.15) is 66.4 Å². The van der Waals surface area contributed by atoms with Gasteiger partial charge in [-0.15, -0.1) is 0 Å².